The van der Waals surface area contributed by atoms with E-state index in [1.54, 1.807) is 0 Å². The van der Waals surface area contributed by atoms with E-state index < -0.39 is 0 Å². The molecule has 2 rings (SSSR count). The second-order valence-electron chi connectivity index (χ2n) is 5.39. The molecule has 2 aromatic rings. The van der Waals surface area contributed by atoms with Crippen LogP contribution in [0.2, 0.25) is 0 Å². The summed E-state index contributed by atoms with van der Waals surface area (Å²) < 4.78 is 0. The Morgan fingerprint density at radius 1 is 1.00 bits per heavy atom. The van der Waals surface area contributed by atoms with Gasteiger partial charge in [0.15, 0.2) is 0 Å². The molecule has 0 fully saturated rings. The van der Waals surface area contributed by atoms with E-state index in [0.29, 0.717) is 0 Å². The quantitative estimate of drug-likeness (QED) is 0.866. The van der Waals surface area contributed by atoms with Crippen LogP contribution in [0.1, 0.15) is 30.0 Å². The van der Waals surface area contributed by atoms with Gasteiger partial charge in [0.05, 0.1) is 0 Å². The number of hydrogen-bond acceptors (Lipinski definition) is 1. The fourth-order valence-electron chi connectivity index (χ4n) is 2.36. The van der Waals surface area contributed by atoms with Crippen molar-refractivity contribution in [3.8, 4) is 11.1 Å². The Balaban J connectivity index is 2.26. The summed E-state index contributed by atoms with van der Waals surface area (Å²) in [5, 5.41) is 0. The Kier molecular flexibility index (Phi) is 4.39. The zero-order valence-corrected chi connectivity index (χ0v) is 12.1. The highest BCUT2D eigenvalue weighted by Crippen LogP contribution is 2.25. The molecule has 0 saturated heterocycles. The minimum atomic E-state index is 0.268. The second-order valence-corrected chi connectivity index (χ2v) is 5.39. The maximum atomic E-state index is 6.02. The van der Waals surface area contributed by atoms with Crippen molar-refractivity contribution < 1.29 is 0 Å². The zero-order chi connectivity index (χ0) is 13.8. The van der Waals surface area contributed by atoms with Gasteiger partial charge in [-0.1, -0.05) is 55.0 Å². The Hall–Kier alpha value is -1.60. The van der Waals surface area contributed by atoms with Gasteiger partial charge in [0.25, 0.3) is 0 Å². The van der Waals surface area contributed by atoms with Crippen LogP contribution in [0, 0.1) is 13.8 Å². The molecule has 0 amide bonds. The molecular weight excluding hydrogens is 230 g/mol. The molecule has 2 N–H and O–H groups in total. The first-order chi connectivity index (χ1) is 9.10. The lowest BCUT2D eigenvalue weighted by atomic mass is 9.95. The van der Waals surface area contributed by atoms with Crippen LogP contribution in [0.25, 0.3) is 11.1 Å². The van der Waals surface area contributed by atoms with Gasteiger partial charge in [-0.05, 0) is 48.9 Å². The van der Waals surface area contributed by atoms with E-state index in [0.717, 1.165) is 12.8 Å². The summed E-state index contributed by atoms with van der Waals surface area (Å²) in [4.78, 5) is 0. The van der Waals surface area contributed by atoms with Gasteiger partial charge >= 0.3 is 0 Å². The van der Waals surface area contributed by atoms with Gasteiger partial charge in [0, 0.05) is 6.04 Å². The predicted octanol–water partition coefficient (Wildman–Crippen LogP) is 4.25. The summed E-state index contributed by atoms with van der Waals surface area (Å²) in [5.74, 6) is 0. The fourth-order valence-corrected chi connectivity index (χ4v) is 2.36. The minimum Gasteiger partial charge on any atom is -0.327 e. The molecule has 0 aromatic heterocycles. The third-order valence-electron chi connectivity index (χ3n) is 3.68. The zero-order valence-electron chi connectivity index (χ0n) is 12.1. The van der Waals surface area contributed by atoms with E-state index >= 15 is 0 Å². The van der Waals surface area contributed by atoms with Crippen molar-refractivity contribution in [1.82, 2.24) is 0 Å². The third kappa shape index (κ3) is 3.45. The monoisotopic (exact) mass is 253 g/mol. The van der Waals surface area contributed by atoms with Gasteiger partial charge in [0.1, 0.15) is 0 Å². The van der Waals surface area contributed by atoms with Crippen molar-refractivity contribution >= 4 is 0 Å². The average molecular weight is 253 g/mol. The van der Waals surface area contributed by atoms with Crippen molar-refractivity contribution in [2.75, 3.05) is 0 Å². The molecular formula is C18H23N. The molecule has 0 aliphatic carbocycles. The van der Waals surface area contributed by atoms with Gasteiger partial charge in [0.2, 0.25) is 0 Å². The average Bonchev–Trinajstić information content (AvgIpc) is 2.40. The van der Waals surface area contributed by atoms with Gasteiger partial charge in [-0.3, -0.25) is 0 Å². The first-order valence-electron chi connectivity index (χ1n) is 7.02. The van der Waals surface area contributed by atoms with Crippen molar-refractivity contribution in [3.63, 3.8) is 0 Å². The van der Waals surface area contributed by atoms with Gasteiger partial charge in [-0.2, -0.15) is 0 Å². The van der Waals surface area contributed by atoms with Crippen LogP contribution in [0.15, 0.2) is 42.5 Å². The molecule has 0 radical (unpaired) electrons. The first-order valence-corrected chi connectivity index (χ1v) is 7.02. The molecule has 0 aliphatic heterocycles. The fraction of sp³-hybridized carbons (Fsp3) is 0.333. The Bertz CT molecular complexity index is 540. The summed E-state index contributed by atoms with van der Waals surface area (Å²) in [6.45, 7) is 6.43. The van der Waals surface area contributed by atoms with Crippen molar-refractivity contribution in [2.24, 2.45) is 5.73 Å². The van der Waals surface area contributed by atoms with E-state index in [4.69, 9.17) is 5.73 Å². The van der Waals surface area contributed by atoms with Crippen molar-refractivity contribution in [2.45, 2.75) is 39.7 Å². The molecule has 1 heteroatoms. The topological polar surface area (TPSA) is 26.0 Å². The first kappa shape index (κ1) is 13.8. The Morgan fingerprint density at radius 2 is 1.68 bits per heavy atom. The predicted molar refractivity (Wildman–Crippen MR) is 83.3 cm³/mol. The Labute approximate surface area is 116 Å². The lowest BCUT2D eigenvalue weighted by Crippen LogP contribution is -2.21. The summed E-state index contributed by atoms with van der Waals surface area (Å²) in [7, 11) is 0. The third-order valence-corrected chi connectivity index (χ3v) is 3.68. The molecule has 1 nitrogen and oxygen atoms in total. The van der Waals surface area contributed by atoms with E-state index in [-0.39, 0.29) is 6.04 Å². The second kappa shape index (κ2) is 6.03. The van der Waals surface area contributed by atoms with Gasteiger partial charge in [-0.25, -0.2) is 0 Å². The smallest absolute Gasteiger partial charge is 0.00766 e. The van der Waals surface area contributed by atoms with Gasteiger partial charge in [-0.15, -0.1) is 0 Å². The normalized spacial score (nSPS) is 12.4. The Morgan fingerprint density at radius 3 is 2.26 bits per heavy atom. The van der Waals surface area contributed by atoms with Crippen LogP contribution < -0.4 is 5.73 Å². The van der Waals surface area contributed by atoms with E-state index in [1.165, 1.54) is 27.8 Å². The maximum absolute atomic E-state index is 6.02. The highest BCUT2D eigenvalue weighted by molar-refractivity contribution is 5.67. The summed E-state index contributed by atoms with van der Waals surface area (Å²) in [6, 6.07) is 15.7. The number of rotatable bonds is 4. The van der Waals surface area contributed by atoms with Crippen LogP contribution >= 0.6 is 0 Å². The van der Waals surface area contributed by atoms with E-state index in [1.807, 2.05) is 0 Å². The molecule has 0 saturated carbocycles. The van der Waals surface area contributed by atoms with E-state index in [2.05, 4.69) is 63.2 Å². The number of aryl methyl sites for hydroxylation is 2. The van der Waals surface area contributed by atoms with E-state index in [9.17, 15) is 0 Å². The molecule has 0 heterocycles. The van der Waals surface area contributed by atoms with Crippen molar-refractivity contribution in [1.29, 1.82) is 0 Å². The number of benzene rings is 2. The molecule has 1 atom stereocenters. The molecule has 0 bridgehead atoms. The van der Waals surface area contributed by atoms with Crippen LogP contribution in [0.4, 0.5) is 0 Å². The van der Waals surface area contributed by atoms with Crippen LogP contribution in [0.5, 0.6) is 0 Å². The maximum Gasteiger partial charge on any atom is 0.00766 e. The molecule has 0 aliphatic rings. The molecule has 0 spiro atoms. The molecule has 100 valence electrons. The highest BCUT2D eigenvalue weighted by Gasteiger charge is 2.05. The number of nitrogens with two attached hydrogens (primary N) is 1. The highest BCUT2D eigenvalue weighted by atomic mass is 14.6. The minimum absolute atomic E-state index is 0.268. The summed E-state index contributed by atoms with van der Waals surface area (Å²) >= 11 is 0. The number of hydrogen-bond donors (Lipinski definition) is 1. The molecule has 2 aromatic carbocycles. The standard InChI is InChI=1S/C18H23N/c1-4-17(19)12-15-7-10-18(14(3)11-15)16-8-5-13(2)6-9-16/h5-11,17H,4,12,19H2,1-3H3. The lowest BCUT2D eigenvalue weighted by molar-refractivity contribution is 0.646. The molecule has 1 unspecified atom stereocenters. The SMILES string of the molecule is CCC(N)Cc1ccc(-c2ccc(C)cc2)c(C)c1. The van der Waals surface area contributed by atoms with Gasteiger partial charge < -0.3 is 5.73 Å². The van der Waals surface area contributed by atoms with Crippen LogP contribution in [0.3, 0.4) is 0 Å². The summed E-state index contributed by atoms with van der Waals surface area (Å²) in [5.41, 5.74) is 12.6. The van der Waals surface area contributed by atoms with Crippen molar-refractivity contribution in [3.05, 3.63) is 59.2 Å². The summed E-state index contributed by atoms with van der Waals surface area (Å²) in [6.07, 6.45) is 1.99. The largest absolute Gasteiger partial charge is 0.327 e. The lowest BCUT2D eigenvalue weighted by Gasteiger charge is -2.12. The van der Waals surface area contributed by atoms with Crippen LogP contribution in [-0.2, 0) is 6.42 Å². The molecule has 19 heavy (non-hydrogen) atoms. The van der Waals surface area contributed by atoms with Crippen LogP contribution in [-0.4, -0.2) is 6.04 Å².